The molecule has 0 fully saturated rings. The third kappa shape index (κ3) is 7.77. The van der Waals surface area contributed by atoms with E-state index in [-0.39, 0.29) is 38.4 Å². The largest absolute Gasteiger partial charge is 0.493 e. The van der Waals surface area contributed by atoms with E-state index in [4.69, 9.17) is 9.47 Å². The number of para-hydroxylation sites is 1. The second kappa shape index (κ2) is 15.4. The number of benzene rings is 3. The summed E-state index contributed by atoms with van der Waals surface area (Å²) >= 11 is 2.02. The first-order valence-electron chi connectivity index (χ1n) is 15.0. The average Bonchev–Trinajstić information content (AvgIpc) is 3.49. The molecule has 0 saturated carbocycles. The first-order chi connectivity index (χ1) is 22.3. The number of ether oxygens (including phenoxy) is 2. The monoisotopic (exact) mass is 737 g/mol. The van der Waals surface area contributed by atoms with Gasteiger partial charge in [-0.3, -0.25) is 14.4 Å². The van der Waals surface area contributed by atoms with Crippen molar-refractivity contribution < 1.29 is 34.1 Å². The third-order valence-electron chi connectivity index (χ3n) is 7.98. The summed E-state index contributed by atoms with van der Waals surface area (Å²) in [7, 11) is 1.45. The Kier molecular flexibility index (Phi) is 11.1. The van der Waals surface area contributed by atoms with Crippen LogP contribution in [-0.4, -0.2) is 83.3 Å². The van der Waals surface area contributed by atoms with Crippen LogP contribution in [0.4, 0.5) is 0 Å². The summed E-state index contributed by atoms with van der Waals surface area (Å²) in [6.45, 7) is 0.0772. The molecule has 1 heterocycles. The highest BCUT2D eigenvalue weighted by atomic mass is 127. The molecule has 0 radical (unpaired) electrons. The maximum atomic E-state index is 14.0. The molecular formula is C35H36IN3O7. The molecule has 2 amide bonds. The fourth-order valence-electron chi connectivity index (χ4n) is 5.69. The fourth-order valence-corrected chi connectivity index (χ4v) is 6.45. The lowest BCUT2D eigenvalue weighted by atomic mass is 9.87. The number of aliphatic hydroxyl groups is 2. The van der Waals surface area contributed by atoms with Crippen molar-refractivity contribution in [2.24, 2.45) is 0 Å². The van der Waals surface area contributed by atoms with Crippen molar-refractivity contribution in [1.82, 2.24) is 15.2 Å². The van der Waals surface area contributed by atoms with Gasteiger partial charge in [-0.25, -0.2) is 0 Å². The summed E-state index contributed by atoms with van der Waals surface area (Å²) in [6.07, 6.45) is 0.655. The van der Waals surface area contributed by atoms with Crippen LogP contribution in [0.15, 0.2) is 84.4 Å². The van der Waals surface area contributed by atoms with Gasteiger partial charge in [0.15, 0.2) is 11.5 Å². The van der Waals surface area contributed by atoms with Crippen LogP contribution in [0.25, 0.3) is 10.9 Å². The van der Waals surface area contributed by atoms with Gasteiger partial charge in [-0.2, -0.15) is 0 Å². The topological polar surface area (TPSA) is 141 Å². The summed E-state index contributed by atoms with van der Waals surface area (Å²) in [5.74, 6) is -0.0444. The average molecular weight is 738 g/mol. The van der Waals surface area contributed by atoms with Crippen LogP contribution in [0, 0.1) is 3.57 Å². The molecule has 4 N–H and O–H groups in total. The Morgan fingerprint density at radius 3 is 2.59 bits per heavy atom. The third-order valence-corrected chi connectivity index (χ3v) is 8.78. The maximum absolute atomic E-state index is 14.0. The molecule has 0 bridgehead atoms. The van der Waals surface area contributed by atoms with Gasteiger partial charge in [0.05, 0.1) is 29.7 Å². The second-order valence-electron chi connectivity index (χ2n) is 11.0. The van der Waals surface area contributed by atoms with Gasteiger partial charge < -0.3 is 34.9 Å². The molecule has 5 rings (SSSR count). The highest BCUT2D eigenvalue weighted by molar-refractivity contribution is 14.1. The van der Waals surface area contributed by atoms with E-state index in [1.54, 1.807) is 17.0 Å². The van der Waals surface area contributed by atoms with E-state index in [0.29, 0.717) is 38.9 Å². The molecule has 4 aromatic rings. The number of nitrogens with zero attached hydrogens (tertiary/aromatic N) is 1. The Morgan fingerprint density at radius 2 is 1.87 bits per heavy atom. The van der Waals surface area contributed by atoms with Crippen molar-refractivity contribution in [1.29, 1.82) is 0 Å². The minimum atomic E-state index is -1.22. The number of carbonyl (C=O) groups excluding carboxylic acids is 3. The molecule has 11 heteroatoms. The Balaban J connectivity index is 1.50. The zero-order valence-electron chi connectivity index (χ0n) is 25.3. The molecule has 1 aliphatic carbocycles. The minimum absolute atomic E-state index is 0.0465. The van der Waals surface area contributed by atoms with E-state index in [1.165, 1.54) is 13.2 Å². The van der Waals surface area contributed by atoms with Crippen LogP contribution in [0.1, 0.15) is 28.0 Å². The first kappa shape index (κ1) is 33.2. The highest BCUT2D eigenvalue weighted by Gasteiger charge is 2.41. The van der Waals surface area contributed by atoms with Crippen molar-refractivity contribution >= 4 is 51.6 Å². The Labute approximate surface area is 280 Å². The van der Waals surface area contributed by atoms with E-state index in [2.05, 4.69) is 10.3 Å². The van der Waals surface area contributed by atoms with Crippen LogP contribution in [-0.2, 0) is 22.4 Å². The number of methoxy groups -OCH3 is 1. The Hall–Kier alpha value is -4.20. The Bertz CT molecular complexity index is 1690. The minimum Gasteiger partial charge on any atom is -0.493 e. The van der Waals surface area contributed by atoms with Gasteiger partial charge in [-0.1, -0.05) is 48.5 Å². The smallest absolute Gasteiger partial charge is 0.247 e. The molecule has 240 valence electrons. The molecule has 3 aromatic carbocycles. The zero-order chi connectivity index (χ0) is 32.6. The summed E-state index contributed by atoms with van der Waals surface area (Å²) in [4.78, 5) is 43.8. The highest BCUT2D eigenvalue weighted by Crippen LogP contribution is 2.37. The van der Waals surface area contributed by atoms with Crippen molar-refractivity contribution in [3.8, 4) is 11.5 Å². The van der Waals surface area contributed by atoms with Crippen molar-refractivity contribution in [2.75, 3.05) is 26.8 Å². The number of carbonyl (C=O) groups is 3. The quantitative estimate of drug-likeness (QED) is 0.121. The summed E-state index contributed by atoms with van der Waals surface area (Å²) in [6, 6.07) is 21.7. The van der Waals surface area contributed by atoms with Gasteiger partial charge in [-0.05, 0) is 63.9 Å². The normalized spacial score (nSPS) is 17.7. The molecular weight excluding hydrogens is 701 g/mol. The van der Waals surface area contributed by atoms with E-state index < -0.39 is 24.2 Å². The van der Waals surface area contributed by atoms with Crippen molar-refractivity contribution in [3.05, 3.63) is 105 Å². The number of hydrogen-bond donors (Lipinski definition) is 4. The van der Waals surface area contributed by atoms with Gasteiger partial charge in [0, 0.05) is 48.3 Å². The molecule has 0 saturated heterocycles. The predicted octanol–water partition coefficient (Wildman–Crippen LogP) is 3.82. The molecule has 1 aromatic heterocycles. The SMILES string of the molecule is COc1cc(C=O)cc(I)c1O[C@H]1C=C(C(=O)NCCO)C[C@@H](N(CCc2cc3ccccc3[nH]2)C(=O)Cc2ccccc2)[C@@H]1O. The van der Waals surface area contributed by atoms with Crippen LogP contribution in [0.3, 0.4) is 0 Å². The van der Waals surface area contributed by atoms with Gasteiger partial charge in [0.2, 0.25) is 11.8 Å². The molecule has 1 aliphatic rings. The Morgan fingerprint density at radius 1 is 1.11 bits per heavy atom. The van der Waals surface area contributed by atoms with E-state index in [0.717, 1.165) is 22.2 Å². The number of hydrogen-bond acceptors (Lipinski definition) is 7. The predicted molar refractivity (Wildman–Crippen MR) is 182 cm³/mol. The molecule has 46 heavy (non-hydrogen) atoms. The summed E-state index contributed by atoms with van der Waals surface area (Å²) in [5.41, 5.74) is 3.45. The van der Waals surface area contributed by atoms with Crippen LogP contribution < -0.4 is 14.8 Å². The first-order valence-corrected chi connectivity index (χ1v) is 16.1. The molecule has 0 unspecified atom stereocenters. The maximum Gasteiger partial charge on any atom is 0.247 e. The van der Waals surface area contributed by atoms with Crippen molar-refractivity contribution in [3.63, 3.8) is 0 Å². The van der Waals surface area contributed by atoms with Crippen molar-refractivity contribution in [2.45, 2.75) is 37.5 Å². The number of H-pyrrole nitrogens is 1. The van der Waals surface area contributed by atoms with E-state index in [1.807, 2.05) is 83.3 Å². The fraction of sp³-hybridized carbons (Fsp3) is 0.286. The van der Waals surface area contributed by atoms with Gasteiger partial charge in [-0.15, -0.1) is 0 Å². The molecule has 3 atom stereocenters. The number of halogens is 1. The summed E-state index contributed by atoms with van der Waals surface area (Å²) < 4.78 is 12.4. The number of aldehydes is 1. The number of aromatic nitrogens is 1. The van der Waals surface area contributed by atoms with Gasteiger partial charge in [0.25, 0.3) is 0 Å². The number of aliphatic hydroxyl groups excluding tert-OH is 2. The zero-order valence-corrected chi connectivity index (χ0v) is 27.5. The lowest BCUT2D eigenvalue weighted by molar-refractivity contribution is -0.137. The lowest BCUT2D eigenvalue weighted by Gasteiger charge is -2.40. The van der Waals surface area contributed by atoms with Crippen LogP contribution in [0.2, 0.25) is 0 Å². The van der Waals surface area contributed by atoms with Crippen LogP contribution in [0.5, 0.6) is 11.5 Å². The van der Waals surface area contributed by atoms with Crippen LogP contribution >= 0.6 is 22.6 Å². The molecule has 0 aliphatic heterocycles. The second-order valence-corrected chi connectivity index (χ2v) is 12.2. The standard InChI is InChI=1S/C35H36IN3O7/c1-45-31-16-23(21-41)15-27(36)34(31)46-30-20-25(35(44)37-12-14-40)19-29(33(30)43)39(32(42)17-22-7-3-2-4-8-22)13-11-26-18-24-9-5-6-10-28(24)38-26/h2-10,15-16,18,20-21,29-30,33,38,40,43H,11-14,17,19H2,1H3,(H,37,44)/t29-,30+,33+/m1/s1. The summed E-state index contributed by atoms with van der Waals surface area (Å²) in [5, 5.41) is 24.9. The number of nitrogens with one attached hydrogen (secondary N) is 2. The van der Waals surface area contributed by atoms with Gasteiger partial charge in [0.1, 0.15) is 18.5 Å². The van der Waals surface area contributed by atoms with Gasteiger partial charge >= 0.3 is 0 Å². The van der Waals surface area contributed by atoms with E-state index in [9.17, 15) is 24.6 Å². The molecule has 10 nitrogen and oxygen atoms in total. The number of amides is 2. The number of fused-ring (bicyclic) bond motifs is 1. The van der Waals surface area contributed by atoms with E-state index >= 15 is 0 Å². The lowest BCUT2D eigenvalue weighted by Crippen LogP contribution is -2.56. The number of aromatic amines is 1. The molecule has 0 spiro atoms. The number of rotatable bonds is 13.